The summed E-state index contributed by atoms with van der Waals surface area (Å²) in [5.41, 5.74) is -0.333. The molecule has 0 unspecified atom stereocenters. The topological polar surface area (TPSA) is 82.1 Å². The molecular weight excluding hydrogens is 290 g/mol. The summed E-state index contributed by atoms with van der Waals surface area (Å²) in [5.74, 6) is -1.08. The minimum absolute atomic E-state index is 0.122. The first-order chi connectivity index (χ1) is 10.2. The molecule has 1 fully saturated rings. The molecule has 1 aliphatic rings. The Hall–Kier alpha value is -1.63. The lowest BCUT2D eigenvalue weighted by Crippen LogP contribution is -2.50. The van der Waals surface area contributed by atoms with Crippen LogP contribution in [0.25, 0.3) is 0 Å². The number of amides is 1. The molecule has 1 saturated heterocycles. The molecule has 0 bridgehead atoms. The van der Waals surface area contributed by atoms with Crippen molar-refractivity contribution in [2.24, 2.45) is 5.41 Å². The lowest BCUT2D eigenvalue weighted by atomic mass is 9.93. The quantitative estimate of drug-likeness (QED) is 0.707. The van der Waals surface area contributed by atoms with Crippen LogP contribution in [0.4, 0.5) is 0 Å². The van der Waals surface area contributed by atoms with Gasteiger partial charge in [-0.15, -0.1) is 0 Å². The van der Waals surface area contributed by atoms with Crippen LogP contribution in [0.15, 0.2) is 0 Å². The van der Waals surface area contributed by atoms with Gasteiger partial charge in [-0.2, -0.15) is 0 Å². The molecular formula is C15H25NO6. The molecule has 0 aromatic carbocycles. The highest BCUT2D eigenvalue weighted by molar-refractivity contribution is 5.85. The number of esters is 2. The first-order valence-electron chi connectivity index (χ1n) is 7.29. The minimum Gasteiger partial charge on any atom is -0.469 e. The van der Waals surface area contributed by atoms with E-state index in [0.29, 0.717) is 6.42 Å². The van der Waals surface area contributed by atoms with E-state index in [9.17, 15) is 14.4 Å². The van der Waals surface area contributed by atoms with E-state index >= 15 is 0 Å². The molecule has 7 heteroatoms. The van der Waals surface area contributed by atoms with Gasteiger partial charge >= 0.3 is 11.9 Å². The Morgan fingerprint density at radius 3 is 2.27 bits per heavy atom. The average molecular weight is 315 g/mol. The second kappa shape index (κ2) is 7.58. The normalized spacial score (nSPS) is 21.6. The van der Waals surface area contributed by atoms with Gasteiger partial charge in [0, 0.05) is 18.3 Å². The Morgan fingerprint density at radius 1 is 1.14 bits per heavy atom. The smallest absolute Gasteiger partial charge is 0.331 e. The second-order valence-corrected chi connectivity index (χ2v) is 6.32. The van der Waals surface area contributed by atoms with E-state index in [2.05, 4.69) is 4.74 Å². The monoisotopic (exact) mass is 315 g/mol. The first-order valence-corrected chi connectivity index (χ1v) is 7.29. The van der Waals surface area contributed by atoms with Gasteiger partial charge in [-0.05, 0) is 6.42 Å². The predicted molar refractivity (Wildman–Crippen MR) is 77.7 cm³/mol. The van der Waals surface area contributed by atoms with Crippen molar-refractivity contribution in [3.05, 3.63) is 0 Å². The summed E-state index contributed by atoms with van der Waals surface area (Å²) in [7, 11) is 2.59. The van der Waals surface area contributed by atoms with Gasteiger partial charge in [-0.1, -0.05) is 20.8 Å². The van der Waals surface area contributed by atoms with Crippen LogP contribution >= 0.6 is 0 Å². The standard InChI is InChI=1S/C15H25NO6/c1-15(2,3)14-16(10(9-22-14)13(19)21-5)11(17)7-6-8-12(18)20-4/h10,14H,6-9H2,1-5H3/t10-,14+/m0/s1. The van der Waals surface area contributed by atoms with Crippen molar-refractivity contribution in [3.63, 3.8) is 0 Å². The van der Waals surface area contributed by atoms with Gasteiger partial charge in [-0.3, -0.25) is 9.59 Å². The van der Waals surface area contributed by atoms with Gasteiger partial charge in [0.15, 0.2) is 6.04 Å². The van der Waals surface area contributed by atoms with Crippen LogP contribution in [0.1, 0.15) is 40.0 Å². The van der Waals surface area contributed by atoms with Gasteiger partial charge in [-0.25, -0.2) is 4.79 Å². The van der Waals surface area contributed by atoms with Crippen molar-refractivity contribution in [1.29, 1.82) is 0 Å². The van der Waals surface area contributed by atoms with E-state index in [1.54, 1.807) is 0 Å². The number of hydrogen-bond acceptors (Lipinski definition) is 6. The highest BCUT2D eigenvalue weighted by atomic mass is 16.5. The fourth-order valence-electron chi connectivity index (χ4n) is 2.41. The van der Waals surface area contributed by atoms with Gasteiger partial charge in [0.2, 0.25) is 5.91 Å². The van der Waals surface area contributed by atoms with Crippen LogP contribution in [0.5, 0.6) is 0 Å². The zero-order valence-electron chi connectivity index (χ0n) is 13.9. The molecule has 2 atom stereocenters. The summed E-state index contributed by atoms with van der Waals surface area (Å²) in [6.07, 6.45) is 0.188. The number of carbonyl (C=O) groups excluding carboxylic acids is 3. The van der Waals surface area contributed by atoms with Gasteiger partial charge < -0.3 is 19.1 Å². The highest BCUT2D eigenvalue weighted by Crippen LogP contribution is 2.32. The lowest BCUT2D eigenvalue weighted by molar-refractivity contribution is -0.155. The van der Waals surface area contributed by atoms with Crippen molar-refractivity contribution in [3.8, 4) is 0 Å². The molecule has 0 saturated carbocycles. The molecule has 1 heterocycles. The Labute approximate surface area is 130 Å². The molecule has 126 valence electrons. The summed E-state index contributed by atoms with van der Waals surface area (Å²) < 4.78 is 14.9. The number of carbonyl (C=O) groups is 3. The third-order valence-electron chi connectivity index (χ3n) is 3.50. The summed E-state index contributed by atoms with van der Waals surface area (Å²) in [4.78, 5) is 36.9. The van der Waals surface area contributed by atoms with Gasteiger partial charge in [0.05, 0.1) is 20.8 Å². The minimum atomic E-state index is -0.736. The van der Waals surface area contributed by atoms with Crippen molar-refractivity contribution in [1.82, 2.24) is 4.90 Å². The molecule has 0 aromatic heterocycles. The molecule has 0 spiro atoms. The third-order valence-corrected chi connectivity index (χ3v) is 3.50. The maximum Gasteiger partial charge on any atom is 0.331 e. The lowest BCUT2D eigenvalue weighted by Gasteiger charge is -2.35. The zero-order valence-corrected chi connectivity index (χ0v) is 13.9. The SMILES string of the molecule is COC(=O)CCCC(=O)N1[C@H](C(=O)OC)CO[C@@H]1C(C)(C)C. The molecule has 0 radical (unpaired) electrons. The van der Waals surface area contributed by atoms with Crippen LogP contribution in [-0.4, -0.2) is 55.8 Å². The summed E-state index contributed by atoms with van der Waals surface area (Å²) in [6.45, 7) is 5.93. The Balaban J connectivity index is 2.79. The maximum atomic E-state index is 12.5. The molecule has 1 amide bonds. The van der Waals surface area contributed by atoms with Crippen molar-refractivity contribution in [2.45, 2.75) is 52.3 Å². The van der Waals surface area contributed by atoms with Gasteiger partial charge in [0.1, 0.15) is 6.23 Å². The Kier molecular flexibility index (Phi) is 6.34. The summed E-state index contributed by atoms with van der Waals surface area (Å²) in [6, 6.07) is -0.736. The molecule has 1 rings (SSSR count). The number of hydrogen-bond donors (Lipinski definition) is 0. The largest absolute Gasteiger partial charge is 0.469 e. The second-order valence-electron chi connectivity index (χ2n) is 6.32. The Bertz CT molecular complexity index is 428. The molecule has 0 aliphatic carbocycles. The van der Waals surface area contributed by atoms with Crippen LogP contribution in [0.2, 0.25) is 0 Å². The van der Waals surface area contributed by atoms with Crippen molar-refractivity contribution in [2.75, 3.05) is 20.8 Å². The van der Waals surface area contributed by atoms with Crippen LogP contribution in [-0.2, 0) is 28.6 Å². The number of nitrogens with zero attached hydrogens (tertiary/aromatic N) is 1. The number of ether oxygens (including phenoxy) is 3. The predicted octanol–water partition coefficient (Wildman–Crippen LogP) is 1.10. The van der Waals surface area contributed by atoms with Gasteiger partial charge in [0.25, 0.3) is 0 Å². The van der Waals surface area contributed by atoms with E-state index in [1.807, 2.05) is 20.8 Å². The molecule has 1 aliphatic heterocycles. The molecule has 0 N–H and O–H groups in total. The number of rotatable bonds is 5. The average Bonchev–Trinajstić information content (AvgIpc) is 2.90. The van der Waals surface area contributed by atoms with E-state index in [0.717, 1.165) is 0 Å². The Morgan fingerprint density at radius 2 is 1.77 bits per heavy atom. The van der Waals surface area contributed by atoms with Crippen LogP contribution in [0.3, 0.4) is 0 Å². The molecule has 7 nitrogen and oxygen atoms in total. The van der Waals surface area contributed by atoms with Crippen molar-refractivity contribution >= 4 is 17.8 Å². The first kappa shape index (κ1) is 18.4. The maximum absolute atomic E-state index is 12.5. The molecule has 0 aromatic rings. The molecule has 22 heavy (non-hydrogen) atoms. The summed E-state index contributed by atoms with van der Waals surface area (Å²) >= 11 is 0. The summed E-state index contributed by atoms with van der Waals surface area (Å²) in [5, 5.41) is 0. The van der Waals surface area contributed by atoms with E-state index in [1.165, 1.54) is 19.1 Å². The van der Waals surface area contributed by atoms with Crippen LogP contribution < -0.4 is 0 Å². The van der Waals surface area contributed by atoms with E-state index in [-0.39, 0.29) is 36.7 Å². The van der Waals surface area contributed by atoms with E-state index in [4.69, 9.17) is 9.47 Å². The van der Waals surface area contributed by atoms with Crippen molar-refractivity contribution < 1.29 is 28.6 Å². The fourth-order valence-corrected chi connectivity index (χ4v) is 2.41. The highest BCUT2D eigenvalue weighted by Gasteiger charge is 2.47. The van der Waals surface area contributed by atoms with E-state index < -0.39 is 18.2 Å². The van der Waals surface area contributed by atoms with Crippen LogP contribution in [0, 0.1) is 5.41 Å². The third kappa shape index (κ3) is 4.43. The zero-order chi connectivity index (χ0) is 16.9. The number of methoxy groups -OCH3 is 2. The fraction of sp³-hybridized carbons (Fsp3) is 0.800.